The Bertz CT molecular complexity index is 1600. The maximum absolute atomic E-state index is 14.6. The summed E-state index contributed by atoms with van der Waals surface area (Å²) in [6.07, 6.45) is 5.37. The summed E-state index contributed by atoms with van der Waals surface area (Å²) in [5.41, 5.74) is 4.43. The Hall–Kier alpha value is -4.12. The van der Waals surface area contributed by atoms with Gasteiger partial charge >= 0.3 is 0 Å². The van der Waals surface area contributed by atoms with Crippen LogP contribution in [0, 0.1) is 12.7 Å². The Morgan fingerprint density at radius 3 is 2.89 bits per heavy atom. The van der Waals surface area contributed by atoms with Crippen molar-refractivity contribution in [3.63, 3.8) is 0 Å². The van der Waals surface area contributed by atoms with Gasteiger partial charge in [-0.25, -0.2) is 18.9 Å². The fourth-order valence-electron chi connectivity index (χ4n) is 4.86. The topological polar surface area (TPSA) is 115 Å². The lowest BCUT2D eigenvalue weighted by atomic mass is 9.97. The van der Waals surface area contributed by atoms with Crippen molar-refractivity contribution in [1.29, 1.82) is 0 Å². The van der Waals surface area contributed by atoms with Crippen LogP contribution in [-0.4, -0.2) is 45.9 Å². The Morgan fingerprint density at radius 1 is 1.20 bits per heavy atom. The second-order valence-corrected chi connectivity index (χ2v) is 9.12. The number of nitrogens with zero attached hydrogens (tertiary/aromatic N) is 7. The van der Waals surface area contributed by atoms with Gasteiger partial charge < -0.3 is 15.2 Å². The number of hydrogen-bond acceptors (Lipinski definition) is 8. The second-order valence-electron chi connectivity index (χ2n) is 9.12. The zero-order valence-corrected chi connectivity index (χ0v) is 19.4. The van der Waals surface area contributed by atoms with Gasteiger partial charge in [0.25, 0.3) is 0 Å². The van der Waals surface area contributed by atoms with Gasteiger partial charge in [0.2, 0.25) is 5.95 Å². The minimum absolute atomic E-state index is 0.242. The lowest BCUT2D eigenvalue weighted by Crippen LogP contribution is -2.22. The van der Waals surface area contributed by atoms with Crippen molar-refractivity contribution in [2.45, 2.75) is 39.3 Å². The smallest absolute Gasteiger partial charge is 0.210 e. The van der Waals surface area contributed by atoms with Gasteiger partial charge in [0, 0.05) is 41.4 Å². The molecule has 5 aromatic rings. The highest BCUT2D eigenvalue weighted by Gasteiger charge is 2.26. The SMILES string of the molecule is Cc1cc(-c2cnc(NCc3c(F)ccc4c3CCO4)n3cnnc23)c2ncnn2c1C(C)(C)O. The monoisotopic (exact) mass is 474 g/mol. The summed E-state index contributed by atoms with van der Waals surface area (Å²) >= 11 is 0. The molecule has 6 rings (SSSR count). The number of ether oxygens (including phenoxy) is 1. The Balaban J connectivity index is 1.42. The predicted octanol–water partition coefficient (Wildman–Crippen LogP) is 3.06. The third kappa shape index (κ3) is 3.38. The quantitative estimate of drug-likeness (QED) is 0.400. The van der Waals surface area contributed by atoms with E-state index in [1.54, 1.807) is 41.4 Å². The van der Waals surface area contributed by atoms with Crippen LogP contribution in [0.2, 0.25) is 0 Å². The molecule has 2 N–H and O–H groups in total. The van der Waals surface area contributed by atoms with Crippen molar-refractivity contribution in [2.75, 3.05) is 11.9 Å². The van der Waals surface area contributed by atoms with Gasteiger partial charge in [-0.05, 0) is 44.5 Å². The number of halogens is 1. The van der Waals surface area contributed by atoms with E-state index in [4.69, 9.17) is 4.74 Å². The van der Waals surface area contributed by atoms with Gasteiger partial charge in [0.05, 0.1) is 12.3 Å². The van der Waals surface area contributed by atoms with Crippen LogP contribution in [0.5, 0.6) is 5.75 Å². The van der Waals surface area contributed by atoms with Gasteiger partial charge in [-0.1, -0.05) is 0 Å². The van der Waals surface area contributed by atoms with E-state index in [-0.39, 0.29) is 12.4 Å². The summed E-state index contributed by atoms with van der Waals surface area (Å²) in [5, 5.41) is 26.6. The largest absolute Gasteiger partial charge is 0.493 e. The Labute approximate surface area is 199 Å². The van der Waals surface area contributed by atoms with Gasteiger partial charge in [-0.2, -0.15) is 5.10 Å². The standard InChI is InChI=1S/C24H23FN8O2/c1-13-8-15(21-28-11-30-33(21)20(13)24(2,3)34)17-10-27-23(32-12-29-31-22(17)32)26-9-16-14-6-7-35-19(14)5-4-18(16)25/h4-5,8,10-12,34H,6-7,9H2,1-3H3,(H,26,27). The first-order valence-electron chi connectivity index (χ1n) is 11.2. The van der Waals surface area contributed by atoms with Gasteiger partial charge in [-0.3, -0.25) is 4.40 Å². The molecule has 0 saturated heterocycles. The molecule has 0 fully saturated rings. The van der Waals surface area contributed by atoms with Gasteiger partial charge in [-0.15, -0.1) is 10.2 Å². The molecule has 0 aliphatic carbocycles. The third-order valence-electron chi connectivity index (χ3n) is 6.30. The first kappa shape index (κ1) is 21.4. The molecule has 0 spiro atoms. The number of aliphatic hydroxyl groups is 1. The molecule has 11 heteroatoms. The molecule has 0 unspecified atom stereocenters. The predicted molar refractivity (Wildman–Crippen MR) is 126 cm³/mol. The molecule has 1 aliphatic rings. The molecular weight excluding hydrogens is 451 g/mol. The van der Waals surface area contributed by atoms with E-state index >= 15 is 0 Å². The molecule has 1 aliphatic heterocycles. The average molecular weight is 475 g/mol. The Kier molecular flexibility index (Phi) is 4.71. The summed E-state index contributed by atoms with van der Waals surface area (Å²) in [5.74, 6) is 0.921. The summed E-state index contributed by atoms with van der Waals surface area (Å²) in [6, 6.07) is 5.04. The van der Waals surface area contributed by atoms with Crippen LogP contribution in [0.3, 0.4) is 0 Å². The normalized spacial score (nSPS) is 13.4. The van der Waals surface area contributed by atoms with Crippen LogP contribution in [0.1, 0.15) is 36.2 Å². The lowest BCUT2D eigenvalue weighted by Gasteiger charge is -2.22. The van der Waals surface area contributed by atoms with E-state index < -0.39 is 5.60 Å². The minimum Gasteiger partial charge on any atom is -0.493 e. The number of pyridine rings is 1. The maximum Gasteiger partial charge on any atom is 0.210 e. The van der Waals surface area contributed by atoms with Crippen molar-refractivity contribution in [3.8, 4) is 16.9 Å². The number of rotatable bonds is 5. The number of nitrogens with one attached hydrogen (secondary N) is 1. The van der Waals surface area contributed by atoms with Crippen LogP contribution in [-0.2, 0) is 18.6 Å². The molecule has 10 nitrogen and oxygen atoms in total. The zero-order valence-electron chi connectivity index (χ0n) is 19.4. The summed E-state index contributed by atoms with van der Waals surface area (Å²) < 4.78 is 23.5. The van der Waals surface area contributed by atoms with Crippen molar-refractivity contribution in [3.05, 3.63) is 65.3 Å². The molecule has 35 heavy (non-hydrogen) atoms. The molecule has 0 saturated carbocycles. The lowest BCUT2D eigenvalue weighted by molar-refractivity contribution is 0.0707. The number of benzene rings is 1. The van der Waals surface area contributed by atoms with E-state index in [1.165, 1.54) is 12.4 Å². The molecule has 1 aromatic carbocycles. The number of aryl methyl sites for hydroxylation is 1. The van der Waals surface area contributed by atoms with Crippen LogP contribution in [0.4, 0.5) is 10.3 Å². The minimum atomic E-state index is -1.11. The van der Waals surface area contributed by atoms with E-state index in [0.29, 0.717) is 47.1 Å². The fraction of sp³-hybridized carbons (Fsp3) is 0.292. The van der Waals surface area contributed by atoms with Crippen LogP contribution in [0.15, 0.2) is 37.1 Å². The van der Waals surface area contributed by atoms with E-state index in [9.17, 15) is 9.50 Å². The highest BCUT2D eigenvalue weighted by Crippen LogP contribution is 2.34. The number of anilines is 1. The molecular formula is C24H23FN8O2. The first-order valence-corrected chi connectivity index (χ1v) is 11.2. The summed E-state index contributed by atoms with van der Waals surface area (Å²) in [6.45, 7) is 6.14. The number of aromatic nitrogens is 7. The Morgan fingerprint density at radius 2 is 2.06 bits per heavy atom. The zero-order chi connectivity index (χ0) is 24.3. The van der Waals surface area contributed by atoms with Crippen molar-refractivity contribution >= 4 is 17.2 Å². The van der Waals surface area contributed by atoms with Crippen molar-refractivity contribution < 1.29 is 14.2 Å². The summed E-state index contributed by atoms with van der Waals surface area (Å²) in [7, 11) is 0. The van der Waals surface area contributed by atoms with E-state index in [0.717, 1.165) is 22.4 Å². The molecule has 5 heterocycles. The van der Waals surface area contributed by atoms with Crippen LogP contribution >= 0.6 is 0 Å². The van der Waals surface area contributed by atoms with E-state index in [1.807, 2.05) is 13.0 Å². The molecule has 178 valence electrons. The summed E-state index contributed by atoms with van der Waals surface area (Å²) in [4.78, 5) is 9.03. The third-order valence-corrected chi connectivity index (χ3v) is 6.30. The second kappa shape index (κ2) is 7.70. The molecule has 0 bridgehead atoms. The van der Waals surface area contributed by atoms with Gasteiger partial charge in [0.1, 0.15) is 29.8 Å². The average Bonchev–Trinajstić information content (AvgIpc) is 3.56. The van der Waals surface area contributed by atoms with Crippen molar-refractivity contribution in [2.24, 2.45) is 0 Å². The highest BCUT2D eigenvalue weighted by molar-refractivity contribution is 5.86. The molecule has 0 amide bonds. The highest BCUT2D eigenvalue weighted by atomic mass is 19.1. The van der Waals surface area contributed by atoms with Crippen molar-refractivity contribution in [1.82, 2.24) is 34.2 Å². The van der Waals surface area contributed by atoms with Crippen LogP contribution in [0.25, 0.3) is 22.4 Å². The fourth-order valence-corrected chi connectivity index (χ4v) is 4.86. The van der Waals surface area contributed by atoms with Crippen LogP contribution < -0.4 is 10.1 Å². The van der Waals surface area contributed by atoms with E-state index in [2.05, 4.69) is 30.6 Å². The molecule has 0 atom stereocenters. The molecule has 4 aromatic heterocycles. The first-order chi connectivity index (χ1) is 16.8. The number of hydrogen-bond donors (Lipinski definition) is 2. The van der Waals surface area contributed by atoms with Gasteiger partial charge in [0.15, 0.2) is 11.3 Å². The molecule has 0 radical (unpaired) electrons. The number of fused-ring (bicyclic) bond motifs is 3. The maximum atomic E-state index is 14.6.